The summed E-state index contributed by atoms with van der Waals surface area (Å²) in [6.07, 6.45) is 3.31. The largest absolute Gasteiger partial charge is 0.311 e. The average molecular weight is 280 g/mol. The molecule has 0 amide bonds. The lowest BCUT2D eigenvalue weighted by Crippen LogP contribution is -2.39. The van der Waals surface area contributed by atoms with Crippen molar-refractivity contribution in [1.82, 2.24) is 30.1 Å². The lowest BCUT2D eigenvalue weighted by atomic mass is 10.2. The lowest BCUT2D eigenvalue weighted by molar-refractivity contribution is 0.193. The van der Waals surface area contributed by atoms with Crippen LogP contribution in [0.2, 0.25) is 0 Å². The van der Waals surface area contributed by atoms with Gasteiger partial charge in [0.2, 0.25) is 0 Å². The maximum atomic E-state index is 4.21. The second-order valence-electron chi connectivity index (χ2n) is 5.75. The van der Waals surface area contributed by atoms with Crippen molar-refractivity contribution in [3.8, 4) is 0 Å². The molecule has 2 rings (SSSR count). The van der Waals surface area contributed by atoms with E-state index in [4.69, 9.17) is 0 Å². The standard InChI is InChI=1S/C14H28N6/c1-4-15-10-14-12-20(17-16-14)9-8-19-7-5-6-18(3)11-13(19)2/h12-13,15H,4-11H2,1-3H3. The Bertz CT molecular complexity index is 391. The summed E-state index contributed by atoms with van der Waals surface area (Å²) < 4.78 is 1.97. The Balaban J connectivity index is 1.80. The third-order valence-corrected chi connectivity index (χ3v) is 3.94. The highest BCUT2D eigenvalue weighted by molar-refractivity contribution is 4.91. The van der Waals surface area contributed by atoms with Crippen LogP contribution in [0.5, 0.6) is 0 Å². The van der Waals surface area contributed by atoms with Crippen LogP contribution in [0, 0.1) is 0 Å². The molecular weight excluding hydrogens is 252 g/mol. The zero-order valence-electron chi connectivity index (χ0n) is 13.0. The number of nitrogens with one attached hydrogen (secondary N) is 1. The van der Waals surface area contributed by atoms with E-state index in [9.17, 15) is 0 Å². The highest BCUT2D eigenvalue weighted by Crippen LogP contribution is 2.08. The summed E-state index contributed by atoms with van der Waals surface area (Å²) in [5.41, 5.74) is 1.02. The van der Waals surface area contributed by atoms with E-state index in [2.05, 4.69) is 52.5 Å². The summed E-state index contributed by atoms with van der Waals surface area (Å²) in [5.74, 6) is 0. The van der Waals surface area contributed by atoms with Gasteiger partial charge in [-0.25, -0.2) is 0 Å². The van der Waals surface area contributed by atoms with Gasteiger partial charge < -0.3 is 10.2 Å². The van der Waals surface area contributed by atoms with Crippen molar-refractivity contribution < 1.29 is 0 Å². The molecule has 2 heterocycles. The predicted octanol–water partition coefficient (Wildman–Crippen LogP) is 0.414. The predicted molar refractivity (Wildman–Crippen MR) is 80.6 cm³/mol. The van der Waals surface area contributed by atoms with Crippen molar-refractivity contribution in [3.63, 3.8) is 0 Å². The van der Waals surface area contributed by atoms with E-state index in [0.29, 0.717) is 6.04 Å². The summed E-state index contributed by atoms with van der Waals surface area (Å²) in [6, 6.07) is 0.618. The Kier molecular flexibility index (Phi) is 5.94. The molecule has 0 spiro atoms. The highest BCUT2D eigenvalue weighted by atomic mass is 15.4. The molecule has 1 fully saturated rings. The Hall–Kier alpha value is -0.980. The average Bonchev–Trinajstić information content (AvgIpc) is 2.81. The van der Waals surface area contributed by atoms with E-state index in [1.54, 1.807) is 0 Å². The number of rotatable bonds is 6. The minimum Gasteiger partial charge on any atom is -0.311 e. The molecule has 1 aromatic rings. The first kappa shape index (κ1) is 15.4. The van der Waals surface area contributed by atoms with Crippen LogP contribution in [-0.4, -0.2) is 70.6 Å². The fourth-order valence-electron chi connectivity index (χ4n) is 2.77. The Morgan fingerprint density at radius 1 is 1.35 bits per heavy atom. The third kappa shape index (κ3) is 4.54. The smallest absolute Gasteiger partial charge is 0.0964 e. The zero-order chi connectivity index (χ0) is 14.4. The summed E-state index contributed by atoms with van der Waals surface area (Å²) >= 11 is 0. The number of hydrogen-bond acceptors (Lipinski definition) is 5. The van der Waals surface area contributed by atoms with Crippen LogP contribution in [0.25, 0.3) is 0 Å². The van der Waals surface area contributed by atoms with Gasteiger partial charge in [0.1, 0.15) is 0 Å². The maximum Gasteiger partial charge on any atom is 0.0964 e. The minimum absolute atomic E-state index is 0.618. The van der Waals surface area contributed by atoms with Gasteiger partial charge in [0.25, 0.3) is 0 Å². The van der Waals surface area contributed by atoms with Gasteiger partial charge in [-0.15, -0.1) is 5.10 Å². The number of hydrogen-bond donors (Lipinski definition) is 1. The first-order valence-electron chi connectivity index (χ1n) is 7.71. The molecule has 0 aliphatic carbocycles. The molecule has 0 saturated carbocycles. The summed E-state index contributed by atoms with van der Waals surface area (Å²) in [5, 5.41) is 11.7. The first-order chi connectivity index (χ1) is 9.69. The van der Waals surface area contributed by atoms with Crippen molar-refractivity contribution in [2.75, 3.05) is 39.8 Å². The molecule has 6 nitrogen and oxygen atoms in total. The Morgan fingerprint density at radius 3 is 3.00 bits per heavy atom. The molecule has 1 atom stereocenters. The Labute approximate surface area is 122 Å². The topological polar surface area (TPSA) is 49.2 Å². The van der Waals surface area contributed by atoms with Crippen LogP contribution in [0.1, 0.15) is 26.0 Å². The van der Waals surface area contributed by atoms with Crippen molar-refractivity contribution in [2.24, 2.45) is 0 Å². The molecule has 20 heavy (non-hydrogen) atoms. The van der Waals surface area contributed by atoms with Gasteiger partial charge in [-0.2, -0.15) is 0 Å². The van der Waals surface area contributed by atoms with Gasteiger partial charge in [-0.3, -0.25) is 9.58 Å². The number of likely N-dealkylation sites (N-methyl/N-ethyl adjacent to an activating group) is 1. The highest BCUT2D eigenvalue weighted by Gasteiger charge is 2.19. The molecule has 1 aliphatic heterocycles. The van der Waals surface area contributed by atoms with Crippen LogP contribution in [-0.2, 0) is 13.1 Å². The normalized spacial score (nSPS) is 22.1. The van der Waals surface area contributed by atoms with Crippen molar-refractivity contribution in [1.29, 1.82) is 0 Å². The number of nitrogens with zero attached hydrogens (tertiary/aromatic N) is 5. The van der Waals surface area contributed by atoms with Crippen molar-refractivity contribution in [3.05, 3.63) is 11.9 Å². The molecular formula is C14H28N6. The summed E-state index contributed by atoms with van der Waals surface area (Å²) in [7, 11) is 2.21. The molecule has 0 aromatic carbocycles. The molecule has 114 valence electrons. The van der Waals surface area contributed by atoms with Gasteiger partial charge in [0.05, 0.1) is 12.2 Å². The van der Waals surface area contributed by atoms with E-state index in [-0.39, 0.29) is 0 Å². The minimum atomic E-state index is 0.618. The fraction of sp³-hybridized carbons (Fsp3) is 0.857. The first-order valence-corrected chi connectivity index (χ1v) is 7.71. The van der Waals surface area contributed by atoms with Crippen LogP contribution in [0.4, 0.5) is 0 Å². The van der Waals surface area contributed by atoms with Gasteiger partial charge in [-0.1, -0.05) is 12.1 Å². The van der Waals surface area contributed by atoms with Gasteiger partial charge >= 0.3 is 0 Å². The fourth-order valence-corrected chi connectivity index (χ4v) is 2.77. The Morgan fingerprint density at radius 2 is 2.20 bits per heavy atom. The van der Waals surface area contributed by atoms with Gasteiger partial charge in [0.15, 0.2) is 0 Å². The maximum absolute atomic E-state index is 4.21. The molecule has 6 heteroatoms. The van der Waals surface area contributed by atoms with Crippen LogP contribution >= 0.6 is 0 Å². The van der Waals surface area contributed by atoms with Crippen LogP contribution in [0.15, 0.2) is 6.20 Å². The van der Waals surface area contributed by atoms with E-state index in [0.717, 1.165) is 38.4 Å². The van der Waals surface area contributed by atoms with Crippen LogP contribution < -0.4 is 5.32 Å². The molecule has 1 aliphatic rings. The molecule has 1 aromatic heterocycles. The molecule has 1 unspecified atom stereocenters. The molecule has 1 saturated heterocycles. The second kappa shape index (κ2) is 7.71. The monoisotopic (exact) mass is 280 g/mol. The van der Waals surface area contributed by atoms with Crippen molar-refractivity contribution in [2.45, 2.75) is 39.4 Å². The molecule has 0 bridgehead atoms. The van der Waals surface area contributed by atoms with Gasteiger partial charge in [0, 0.05) is 31.9 Å². The SMILES string of the molecule is CCNCc1cn(CCN2CCCN(C)CC2C)nn1. The van der Waals surface area contributed by atoms with Crippen LogP contribution in [0.3, 0.4) is 0 Å². The van der Waals surface area contributed by atoms with Crippen molar-refractivity contribution >= 4 is 0 Å². The van der Waals surface area contributed by atoms with E-state index >= 15 is 0 Å². The lowest BCUT2D eigenvalue weighted by Gasteiger charge is -2.27. The number of aromatic nitrogens is 3. The molecule has 0 radical (unpaired) electrons. The quantitative estimate of drug-likeness (QED) is 0.818. The molecule has 1 N–H and O–H groups in total. The van der Waals surface area contributed by atoms with Gasteiger partial charge in [-0.05, 0) is 40.0 Å². The van der Waals surface area contributed by atoms with E-state index < -0.39 is 0 Å². The van der Waals surface area contributed by atoms with E-state index in [1.165, 1.54) is 19.5 Å². The zero-order valence-corrected chi connectivity index (χ0v) is 13.0. The second-order valence-corrected chi connectivity index (χ2v) is 5.75. The third-order valence-electron chi connectivity index (χ3n) is 3.94. The van der Waals surface area contributed by atoms with E-state index in [1.807, 2.05) is 4.68 Å². The summed E-state index contributed by atoms with van der Waals surface area (Å²) in [4.78, 5) is 4.99. The summed E-state index contributed by atoms with van der Waals surface area (Å²) in [6.45, 7) is 11.7.